The molecule has 0 atom stereocenters. The van der Waals surface area contributed by atoms with Crippen molar-refractivity contribution in [3.8, 4) is 0 Å². The van der Waals surface area contributed by atoms with Crippen LogP contribution >= 0.6 is 0 Å². The van der Waals surface area contributed by atoms with Gasteiger partial charge in [0.05, 0.1) is 25.0 Å². The first-order chi connectivity index (χ1) is 9.29. The SMILES string of the molecule is COCCCOCCn1ncc(NC2CC2)cc1=O. The fourth-order valence-electron chi connectivity index (χ4n) is 1.70. The normalized spacial score (nSPS) is 14.6. The van der Waals surface area contributed by atoms with Crippen LogP contribution in [0, 0.1) is 0 Å². The summed E-state index contributed by atoms with van der Waals surface area (Å²) in [5, 5.41) is 7.38. The second-order valence-electron chi connectivity index (χ2n) is 4.68. The minimum absolute atomic E-state index is 0.0915. The molecule has 106 valence electrons. The van der Waals surface area contributed by atoms with Gasteiger partial charge in [-0.25, -0.2) is 4.68 Å². The average molecular weight is 267 g/mol. The van der Waals surface area contributed by atoms with Crippen LogP contribution in [0.4, 0.5) is 5.69 Å². The van der Waals surface area contributed by atoms with Crippen molar-refractivity contribution in [2.75, 3.05) is 32.2 Å². The van der Waals surface area contributed by atoms with Crippen LogP contribution in [0.15, 0.2) is 17.1 Å². The highest BCUT2D eigenvalue weighted by atomic mass is 16.5. The lowest BCUT2D eigenvalue weighted by atomic mass is 10.4. The van der Waals surface area contributed by atoms with Crippen molar-refractivity contribution < 1.29 is 9.47 Å². The molecule has 1 fully saturated rings. The van der Waals surface area contributed by atoms with Crippen LogP contribution in [0.2, 0.25) is 0 Å². The van der Waals surface area contributed by atoms with Gasteiger partial charge in [0.15, 0.2) is 0 Å². The summed E-state index contributed by atoms with van der Waals surface area (Å²) in [5.41, 5.74) is 0.718. The number of anilines is 1. The summed E-state index contributed by atoms with van der Waals surface area (Å²) in [6.07, 6.45) is 4.92. The maximum Gasteiger partial charge on any atom is 0.268 e. The molecule has 0 aliphatic heterocycles. The lowest BCUT2D eigenvalue weighted by Gasteiger charge is -2.07. The molecule has 0 radical (unpaired) electrons. The Hall–Kier alpha value is -1.40. The van der Waals surface area contributed by atoms with Crippen molar-refractivity contribution in [1.29, 1.82) is 0 Å². The van der Waals surface area contributed by atoms with E-state index in [-0.39, 0.29) is 5.56 Å². The molecule has 0 spiro atoms. The molecule has 0 saturated heterocycles. The Kier molecular flexibility index (Phi) is 5.35. The van der Waals surface area contributed by atoms with Crippen LogP contribution in [-0.2, 0) is 16.0 Å². The Morgan fingerprint density at radius 1 is 1.42 bits per heavy atom. The summed E-state index contributed by atoms with van der Waals surface area (Å²) in [4.78, 5) is 11.8. The Bertz CT molecular complexity index is 443. The van der Waals surface area contributed by atoms with Gasteiger partial charge < -0.3 is 14.8 Å². The molecule has 1 aliphatic rings. The molecule has 1 saturated carbocycles. The summed E-state index contributed by atoms with van der Waals surface area (Å²) < 4.78 is 11.8. The third-order valence-corrected chi connectivity index (χ3v) is 2.90. The van der Waals surface area contributed by atoms with Crippen molar-refractivity contribution >= 4 is 5.69 Å². The molecular formula is C13H21N3O3. The van der Waals surface area contributed by atoms with Gasteiger partial charge in [-0.1, -0.05) is 0 Å². The molecule has 0 bridgehead atoms. The molecule has 1 heterocycles. The molecule has 2 rings (SSSR count). The van der Waals surface area contributed by atoms with Gasteiger partial charge in [0.25, 0.3) is 5.56 Å². The second kappa shape index (κ2) is 7.25. The first kappa shape index (κ1) is 14.0. The smallest absolute Gasteiger partial charge is 0.268 e. The Labute approximate surface area is 112 Å². The van der Waals surface area contributed by atoms with E-state index in [1.165, 1.54) is 17.5 Å². The van der Waals surface area contributed by atoms with Crippen LogP contribution in [0.5, 0.6) is 0 Å². The molecule has 6 nitrogen and oxygen atoms in total. The van der Waals surface area contributed by atoms with Gasteiger partial charge in [-0.05, 0) is 19.3 Å². The molecule has 1 aromatic heterocycles. The number of rotatable bonds is 9. The van der Waals surface area contributed by atoms with Crippen LogP contribution in [-0.4, -0.2) is 42.8 Å². The van der Waals surface area contributed by atoms with E-state index in [0.717, 1.165) is 12.1 Å². The van der Waals surface area contributed by atoms with E-state index in [1.807, 2.05) is 0 Å². The highest BCUT2D eigenvalue weighted by Crippen LogP contribution is 2.23. The van der Waals surface area contributed by atoms with E-state index in [4.69, 9.17) is 9.47 Å². The number of methoxy groups -OCH3 is 1. The summed E-state index contributed by atoms with van der Waals surface area (Å²) >= 11 is 0. The average Bonchev–Trinajstić information content (AvgIpc) is 3.20. The number of hydrogen-bond acceptors (Lipinski definition) is 5. The summed E-state index contributed by atoms with van der Waals surface area (Å²) in [7, 11) is 1.67. The molecule has 0 aromatic carbocycles. The predicted octanol–water partition coefficient (Wildman–Crippen LogP) is 0.871. The van der Waals surface area contributed by atoms with Crippen molar-refractivity contribution in [3.05, 3.63) is 22.6 Å². The first-order valence-electron chi connectivity index (χ1n) is 6.70. The Balaban J connectivity index is 1.72. The van der Waals surface area contributed by atoms with E-state index in [0.29, 0.717) is 32.4 Å². The van der Waals surface area contributed by atoms with Crippen LogP contribution < -0.4 is 10.9 Å². The number of nitrogens with zero attached hydrogens (tertiary/aromatic N) is 2. The lowest BCUT2D eigenvalue weighted by Crippen LogP contribution is -2.25. The van der Waals surface area contributed by atoms with Gasteiger partial charge in [0.1, 0.15) is 0 Å². The minimum atomic E-state index is -0.0915. The van der Waals surface area contributed by atoms with Crippen LogP contribution in [0.3, 0.4) is 0 Å². The largest absolute Gasteiger partial charge is 0.385 e. The van der Waals surface area contributed by atoms with Crippen LogP contribution in [0.1, 0.15) is 19.3 Å². The molecule has 1 aliphatic carbocycles. The number of ether oxygens (including phenoxy) is 2. The van der Waals surface area contributed by atoms with Gasteiger partial charge in [0, 0.05) is 32.4 Å². The third-order valence-electron chi connectivity index (χ3n) is 2.90. The summed E-state index contributed by atoms with van der Waals surface area (Å²) in [5.74, 6) is 0. The van der Waals surface area contributed by atoms with Gasteiger partial charge >= 0.3 is 0 Å². The molecular weight excluding hydrogens is 246 g/mol. The van der Waals surface area contributed by atoms with Crippen LogP contribution in [0.25, 0.3) is 0 Å². The van der Waals surface area contributed by atoms with E-state index >= 15 is 0 Å². The van der Waals surface area contributed by atoms with E-state index in [9.17, 15) is 4.79 Å². The van der Waals surface area contributed by atoms with E-state index in [2.05, 4.69) is 10.4 Å². The van der Waals surface area contributed by atoms with Gasteiger partial charge in [-0.3, -0.25) is 4.79 Å². The summed E-state index contributed by atoms with van der Waals surface area (Å²) in [6, 6.07) is 2.12. The first-order valence-corrected chi connectivity index (χ1v) is 6.70. The maximum absolute atomic E-state index is 11.8. The van der Waals surface area contributed by atoms with Crippen molar-refractivity contribution in [1.82, 2.24) is 9.78 Å². The molecule has 1 aromatic rings. The van der Waals surface area contributed by atoms with E-state index in [1.54, 1.807) is 19.4 Å². The second-order valence-corrected chi connectivity index (χ2v) is 4.68. The van der Waals surface area contributed by atoms with Crippen molar-refractivity contribution in [3.63, 3.8) is 0 Å². The minimum Gasteiger partial charge on any atom is -0.385 e. The van der Waals surface area contributed by atoms with Gasteiger partial charge in [-0.15, -0.1) is 0 Å². The fraction of sp³-hybridized carbons (Fsp3) is 0.692. The topological polar surface area (TPSA) is 65.4 Å². The Morgan fingerprint density at radius 2 is 2.26 bits per heavy atom. The van der Waals surface area contributed by atoms with Crippen molar-refractivity contribution in [2.45, 2.75) is 31.8 Å². The molecule has 1 N–H and O–H groups in total. The number of nitrogens with one attached hydrogen (secondary N) is 1. The lowest BCUT2D eigenvalue weighted by molar-refractivity contribution is 0.0954. The zero-order chi connectivity index (χ0) is 13.5. The summed E-state index contributed by atoms with van der Waals surface area (Å²) in [6.45, 7) is 2.31. The fourth-order valence-corrected chi connectivity index (χ4v) is 1.70. The monoisotopic (exact) mass is 267 g/mol. The highest BCUT2D eigenvalue weighted by molar-refractivity contribution is 5.41. The molecule has 0 unspecified atom stereocenters. The molecule has 19 heavy (non-hydrogen) atoms. The number of aromatic nitrogens is 2. The molecule has 6 heteroatoms. The highest BCUT2D eigenvalue weighted by Gasteiger charge is 2.20. The zero-order valence-electron chi connectivity index (χ0n) is 11.3. The van der Waals surface area contributed by atoms with Gasteiger partial charge in [-0.2, -0.15) is 5.10 Å². The van der Waals surface area contributed by atoms with Gasteiger partial charge in [0.2, 0.25) is 0 Å². The Morgan fingerprint density at radius 3 is 2.95 bits per heavy atom. The maximum atomic E-state index is 11.8. The number of hydrogen-bond donors (Lipinski definition) is 1. The van der Waals surface area contributed by atoms with E-state index < -0.39 is 0 Å². The quantitative estimate of drug-likeness (QED) is 0.673. The third kappa shape index (κ3) is 5.00. The predicted molar refractivity (Wildman–Crippen MR) is 72.5 cm³/mol. The standard InChI is InChI=1S/C13H21N3O3/c1-18-6-2-7-19-8-5-16-13(17)9-12(10-14-16)15-11-3-4-11/h9-11,15H,2-8H2,1H3. The van der Waals surface area contributed by atoms with Crippen molar-refractivity contribution in [2.24, 2.45) is 0 Å². The molecule has 0 amide bonds. The zero-order valence-corrected chi connectivity index (χ0v) is 11.3.